The van der Waals surface area contributed by atoms with Crippen molar-refractivity contribution in [1.82, 2.24) is 10.2 Å². The fourth-order valence-electron chi connectivity index (χ4n) is 3.57. The van der Waals surface area contributed by atoms with Gasteiger partial charge in [-0.25, -0.2) is 0 Å². The fraction of sp³-hybridized carbons (Fsp3) is 0.435. The Morgan fingerprint density at radius 1 is 1.00 bits per heavy atom. The molecule has 1 aliphatic rings. The Morgan fingerprint density at radius 2 is 1.64 bits per heavy atom. The first kappa shape index (κ1) is 20.2. The summed E-state index contributed by atoms with van der Waals surface area (Å²) < 4.78 is 0. The first-order chi connectivity index (χ1) is 13.5. The zero-order chi connectivity index (χ0) is 19.9. The van der Waals surface area contributed by atoms with Crippen molar-refractivity contribution in [1.29, 1.82) is 0 Å². The van der Waals surface area contributed by atoms with Crippen LogP contribution in [-0.4, -0.2) is 63.2 Å². The summed E-state index contributed by atoms with van der Waals surface area (Å²) in [4.78, 5) is 19.5. The van der Waals surface area contributed by atoms with Gasteiger partial charge in [-0.2, -0.15) is 0 Å². The minimum absolute atomic E-state index is 0.0161. The molecule has 0 atom stereocenters. The highest BCUT2D eigenvalue weighted by molar-refractivity contribution is 5.94. The van der Waals surface area contributed by atoms with Crippen molar-refractivity contribution in [2.75, 3.05) is 56.1 Å². The van der Waals surface area contributed by atoms with Crippen LogP contribution >= 0.6 is 0 Å². The van der Waals surface area contributed by atoms with Gasteiger partial charge < -0.3 is 15.1 Å². The molecule has 2 aromatic carbocycles. The van der Waals surface area contributed by atoms with Crippen molar-refractivity contribution in [3.8, 4) is 0 Å². The van der Waals surface area contributed by atoms with E-state index < -0.39 is 0 Å². The van der Waals surface area contributed by atoms with Crippen molar-refractivity contribution in [3.05, 3.63) is 60.2 Å². The molecule has 1 heterocycles. The average molecular weight is 381 g/mol. The van der Waals surface area contributed by atoms with E-state index >= 15 is 0 Å². The van der Waals surface area contributed by atoms with E-state index in [9.17, 15) is 4.79 Å². The van der Waals surface area contributed by atoms with Crippen LogP contribution in [0.4, 0.5) is 11.4 Å². The van der Waals surface area contributed by atoms with Gasteiger partial charge in [0.15, 0.2) is 0 Å². The van der Waals surface area contributed by atoms with Gasteiger partial charge >= 0.3 is 0 Å². The molecule has 5 heteroatoms. The van der Waals surface area contributed by atoms with Gasteiger partial charge in [0.1, 0.15) is 0 Å². The Balaban J connectivity index is 1.46. The summed E-state index contributed by atoms with van der Waals surface area (Å²) in [5.41, 5.74) is 3.06. The zero-order valence-electron chi connectivity index (χ0n) is 17.3. The number of rotatable bonds is 7. The average Bonchev–Trinajstić information content (AvgIpc) is 2.74. The molecule has 0 bridgehead atoms. The largest absolute Gasteiger partial charge is 0.373 e. The van der Waals surface area contributed by atoms with E-state index in [-0.39, 0.29) is 5.91 Å². The Hall–Kier alpha value is -2.53. The summed E-state index contributed by atoms with van der Waals surface area (Å²) in [6, 6.07) is 18.8. The number of nitrogens with one attached hydrogen (secondary N) is 1. The minimum Gasteiger partial charge on any atom is -0.373 e. The second-order valence-electron chi connectivity index (χ2n) is 7.68. The molecule has 0 aliphatic carbocycles. The van der Waals surface area contributed by atoms with Crippen molar-refractivity contribution in [3.63, 3.8) is 0 Å². The van der Waals surface area contributed by atoms with E-state index in [1.807, 2.05) is 37.4 Å². The van der Waals surface area contributed by atoms with E-state index in [1.165, 1.54) is 5.69 Å². The Bertz CT molecular complexity index is 737. The predicted molar refractivity (Wildman–Crippen MR) is 117 cm³/mol. The molecule has 1 fully saturated rings. The number of likely N-dealkylation sites (N-methyl/N-ethyl adjacent to an activating group) is 1. The number of nitrogens with zero attached hydrogens (tertiary/aromatic N) is 3. The van der Waals surface area contributed by atoms with Crippen LogP contribution in [-0.2, 0) is 0 Å². The lowest BCUT2D eigenvalue weighted by atomic mass is 10.1. The maximum Gasteiger partial charge on any atom is 0.251 e. The quantitative estimate of drug-likeness (QED) is 0.801. The molecular formula is C23H32N4O. The highest BCUT2D eigenvalue weighted by atomic mass is 16.1. The van der Waals surface area contributed by atoms with Crippen molar-refractivity contribution < 1.29 is 4.79 Å². The molecule has 150 valence electrons. The van der Waals surface area contributed by atoms with Crippen LogP contribution in [0.3, 0.4) is 0 Å². The maximum absolute atomic E-state index is 12.4. The Morgan fingerprint density at radius 3 is 2.25 bits per heavy atom. The predicted octanol–water partition coefficient (Wildman–Crippen LogP) is 3.08. The summed E-state index contributed by atoms with van der Waals surface area (Å²) >= 11 is 0. The van der Waals surface area contributed by atoms with Gasteiger partial charge in [-0.05, 0) is 50.2 Å². The molecule has 3 rings (SSSR count). The highest BCUT2D eigenvalue weighted by Crippen LogP contribution is 2.18. The minimum atomic E-state index is -0.0161. The molecule has 0 aromatic heterocycles. The topological polar surface area (TPSA) is 38.8 Å². The molecule has 1 aliphatic heterocycles. The molecule has 0 radical (unpaired) electrons. The Kier molecular flexibility index (Phi) is 6.93. The number of anilines is 2. The smallest absolute Gasteiger partial charge is 0.251 e. The molecule has 1 N–H and O–H groups in total. The SMILES string of the molecule is CC(C)N1CCN(c2ccc(C(=O)NCCN(C)c3ccccc3)cc2)CC1. The lowest BCUT2D eigenvalue weighted by Gasteiger charge is -2.38. The fourth-order valence-corrected chi connectivity index (χ4v) is 3.57. The number of hydrogen-bond donors (Lipinski definition) is 1. The first-order valence-electron chi connectivity index (χ1n) is 10.2. The second kappa shape index (κ2) is 9.60. The number of para-hydroxylation sites is 1. The monoisotopic (exact) mass is 380 g/mol. The molecule has 0 saturated carbocycles. The van der Waals surface area contributed by atoms with Crippen LogP contribution in [0.5, 0.6) is 0 Å². The van der Waals surface area contributed by atoms with Crippen molar-refractivity contribution >= 4 is 17.3 Å². The third kappa shape index (κ3) is 5.26. The Labute approximate surface area is 168 Å². The molecule has 28 heavy (non-hydrogen) atoms. The number of piperazine rings is 1. The molecule has 1 saturated heterocycles. The molecule has 0 spiro atoms. The van der Waals surface area contributed by atoms with Gasteiger partial charge in [0.05, 0.1) is 0 Å². The molecule has 5 nitrogen and oxygen atoms in total. The van der Waals surface area contributed by atoms with Crippen LogP contribution in [0.2, 0.25) is 0 Å². The van der Waals surface area contributed by atoms with Crippen molar-refractivity contribution in [2.45, 2.75) is 19.9 Å². The van der Waals surface area contributed by atoms with E-state index in [2.05, 4.69) is 58.1 Å². The lowest BCUT2D eigenvalue weighted by Crippen LogP contribution is -2.48. The summed E-state index contributed by atoms with van der Waals surface area (Å²) in [7, 11) is 2.04. The molecular weight excluding hydrogens is 348 g/mol. The summed E-state index contributed by atoms with van der Waals surface area (Å²) in [5, 5.41) is 3.02. The maximum atomic E-state index is 12.4. The third-order valence-corrected chi connectivity index (χ3v) is 5.47. The van der Waals surface area contributed by atoms with Gasteiger partial charge in [0, 0.05) is 69.3 Å². The van der Waals surface area contributed by atoms with E-state index in [4.69, 9.17) is 0 Å². The molecule has 2 aromatic rings. The van der Waals surface area contributed by atoms with Gasteiger partial charge in [-0.15, -0.1) is 0 Å². The number of benzene rings is 2. The normalized spacial score (nSPS) is 14.9. The van der Waals surface area contributed by atoms with Crippen LogP contribution in [0.25, 0.3) is 0 Å². The molecule has 1 amide bonds. The van der Waals surface area contributed by atoms with Gasteiger partial charge in [0.2, 0.25) is 0 Å². The summed E-state index contributed by atoms with van der Waals surface area (Å²) in [6.45, 7) is 10.1. The summed E-state index contributed by atoms with van der Waals surface area (Å²) in [5.74, 6) is -0.0161. The standard InChI is InChI=1S/C23H32N4O/c1-19(2)26-15-17-27(18-16-26)22-11-9-20(10-12-22)23(28)24-13-14-25(3)21-7-5-4-6-8-21/h4-12,19H,13-18H2,1-3H3,(H,24,28). The van der Waals surface area contributed by atoms with Crippen LogP contribution in [0.1, 0.15) is 24.2 Å². The van der Waals surface area contributed by atoms with Crippen LogP contribution in [0.15, 0.2) is 54.6 Å². The van der Waals surface area contributed by atoms with Gasteiger partial charge in [-0.1, -0.05) is 18.2 Å². The third-order valence-electron chi connectivity index (χ3n) is 5.47. The zero-order valence-corrected chi connectivity index (χ0v) is 17.3. The number of carbonyl (C=O) groups is 1. The number of hydrogen-bond acceptors (Lipinski definition) is 4. The number of carbonyl (C=O) groups excluding carboxylic acids is 1. The van der Waals surface area contributed by atoms with E-state index in [0.29, 0.717) is 18.2 Å². The van der Waals surface area contributed by atoms with Crippen molar-refractivity contribution in [2.24, 2.45) is 0 Å². The van der Waals surface area contributed by atoms with Crippen LogP contribution in [0, 0.1) is 0 Å². The van der Waals surface area contributed by atoms with Gasteiger partial charge in [-0.3, -0.25) is 9.69 Å². The summed E-state index contributed by atoms with van der Waals surface area (Å²) in [6.07, 6.45) is 0. The van der Waals surface area contributed by atoms with E-state index in [1.54, 1.807) is 0 Å². The highest BCUT2D eigenvalue weighted by Gasteiger charge is 2.19. The first-order valence-corrected chi connectivity index (χ1v) is 10.2. The second-order valence-corrected chi connectivity index (χ2v) is 7.68. The molecule has 0 unspecified atom stereocenters. The van der Waals surface area contributed by atoms with E-state index in [0.717, 1.165) is 38.4 Å². The van der Waals surface area contributed by atoms with Crippen LogP contribution < -0.4 is 15.1 Å². The number of amides is 1. The van der Waals surface area contributed by atoms with Gasteiger partial charge in [0.25, 0.3) is 5.91 Å². The lowest BCUT2D eigenvalue weighted by molar-refractivity contribution is 0.0954.